The van der Waals surface area contributed by atoms with Gasteiger partial charge in [-0.1, -0.05) is 6.92 Å². The van der Waals surface area contributed by atoms with Gasteiger partial charge in [-0.05, 0) is 26.7 Å². The third-order valence-electron chi connectivity index (χ3n) is 2.83. The van der Waals surface area contributed by atoms with Gasteiger partial charge < -0.3 is 10.1 Å². The molecule has 1 saturated heterocycles. The second-order valence-electron chi connectivity index (χ2n) is 4.93. The molecule has 1 heterocycles. The largest absolute Gasteiger partial charge is 0.469 e. The molecule has 0 aromatic rings. The van der Waals surface area contributed by atoms with Crippen molar-refractivity contribution in [3.63, 3.8) is 0 Å². The van der Waals surface area contributed by atoms with E-state index in [0.717, 1.165) is 6.42 Å². The maximum atomic E-state index is 11.6. The van der Waals surface area contributed by atoms with E-state index in [0.29, 0.717) is 6.42 Å². The molecule has 0 radical (unpaired) electrons. The molecule has 0 aliphatic carbocycles. The normalized spacial score (nSPS) is 25.9. The van der Waals surface area contributed by atoms with E-state index in [4.69, 9.17) is 0 Å². The molecule has 1 fully saturated rings. The fourth-order valence-corrected chi connectivity index (χ4v) is 2.11. The zero-order chi connectivity index (χ0) is 11.6. The number of rotatable bonds is 3. The van der Waals surface area contributed by atoms with Crippen molar-refractivity contribution in [3.8, 4) is 0 Å². The molecule has 1 aliphatic rings. The van der Waals surface area contributed by atoms with Crippen molar-refractivity contribution >= 4 is 11.9 Å². The Kier molecular flexibility index (Phi) is 3.37. The molecule has 4 heteroatoms. The van der Waals surface area contributed by atoms with Crippen LogP contribution in [0, 0.1) is 11.8 Å². The van der Waals surface area contributed by atoms with Crippen molar-refractivity contribution in [3.05, 3.63) is 0 Å². The van der Waals surface area contributed by atoms with Crippen LogP contribution in [0.15, 0.2) is 0 Å². The summed E-state index contributed by atoms with van der Waals surface area (Å²) < 4.78 is 4.64. The predicted octanol–water partition coefficient (Wildman–Crippen LogP) is 1.10. The molecule has 1 N–H and O–H groups in total. The lowest BCUT2D eigenvalue weighted by Gasteiger charge is -2.17. The highest BCUT2D eigenvalue weighted by Gasteiger charge is 2.38. The maximum absolute atomic E-state index is 11.6. The van der Waals surface area contributed by atoms with Gasteiger partial charge in [-0.2, -0.15) is 0 Å². The Bertz CT molecular complexity index is 273. The Balaban J connectivity index is 2.53. The van der Waals surface area contributed by atoms with E-state index in [9.17, 15) is 9.59 Å². The second kappa shape index (κ2) is 4.21. The van der Waals surface area contributed by atoms with Crippen molar-refractivity contribution in [2.75, 3.05) is 7.11 Å². The van der Waals surface area contributed by atoms with Gasteiger partial charge in [-0.3, -0.25) is 9.59 Å². The summed E-state index contributed by atoms with van der Waals surface area (Å²) in [4.78, 5) is 22.8. The number of hydrogen-bond donors (Lipinski definition) is 1. The lowest BCUT2D eigenvalue weighted by Crippen LogP contribution is -2.34. The number of carbonyl (C=O) groups excluding carboxylic acids is 2. The molecule has 1 aliphatic heterocycles. The Morgan fingerprint density at radius 1 is 1.67 bits per heavy atom. The average molecular weight is 213 g/mol. The van der Waals surface area contributed by atoms with Crippen LogP contribution >= 0.6 is 0 Å². The lowest BCUT2D eigenvalue weighted by atomic mass is 9.89. The molecule has 2 atom stereocenters. The number of hydrogen-bond acceptors (Lipinski definition) is 3. The van der Waals surface area contributed by atoms with Crippen LogP contribution < -0.4 is 5.32 Å². The fraction of sp³-hybridized carbons (Fsp3) is 0.818. The van der Waals surface area contributed by atoms with Gasteiger partial charge in [-0.15, -0.1) is 0 Å². The number of methoxy groups -OCH3 is 1. The van der Waals surface area contributed by atoms with E-state index in [1.165, 1.54) is 7.11 Å². The molecule has 15 heavy (non-hydrogen) atoms. The molecule has 4 nitrogen and oxygen atoms in total. The molecule has 0 aromatic heterocycles. The smallest absolute Gasteiger partial charge is 0.308 e. The molecule has 0 bridgehead atoms. The van der Waals surface area contributed by atoms with Gasteiger partial charge >= 0.3 is 5.97 Å². The van der Waals surface area contributed by atoms with Gasteiger partial charge in [0.15, 0.2) is 0 Å². The average Bonchev–Trinajstić information content (AvgIpc) is 2.38. The Morgan fingerprint density at radius 3 is 2.67 bits per heavy atom. The summed E-state index contributed by atoms with van der Waals surface area (Å²) in [6.45, 7) is 5.78. The standard InChI is InChI=1S/C11H19NO3/c1-7(10(14)15-4)5-8-6-11(2,3)12-9(8)13/h7-8H,5-6H2,1-4H3,(H,12,13)/t7-,8?/m0/s1. The third-order valence-corrected chi connectivity index (χ3v) is 2.83. The SMILES string of the molecule is COC(=O)[C@@H](C)CC1CC(C)(C)NC1=O. The van der Waals surface area contributed by atoms with Crippen LogP contribution in [0.1, 0.15) is 33.6 Å². The van der Waals surface area contributed by atoms with Gasteiger partial charge in [0.25, 0.3) is 0 Å². The first-order chi connectivity index (χ1) is 6.85. The molecule has 86 valence electrons. The summed E-state index contributed by atoms with van der Waals surface area (Å²) in [5.74, 6) is -0.461. The topological polar surface area (TPSA) is 55.4 Å². The van der Waals surface area contributed by atoms with Crippen LogP contribution in [-0.4, -0.2) is 24.5 Å². The second-order valence-corrected chi connectivity index (χ2v) is 4.93. The van der Waals surface area contributed by atoms with Crippen molar-refractivity contribution in [1.82, 2.24) is 5.32 Å². The molecular formula is C11H19NO3. The monoisotopic (exact) mass is 213 g/mol. The van der Waals surface area contributed by atoms with Crippen LogP contribution in [0.3, 0.4) is 0 Å². The van der Waals surface area contributed by atoms with E-state index >= 15 is 0 Å². The molecule has 0 spiro atoms. The minimum absolute atomic E-state index is 0.0516. The maximum Gasteiger partial charge on any atom is 0.308 e. The highest BCUT2D eigenvalue weighted by molar-refractivity contribution is 5.83. The van der Waals surface area contributed by atoms with Gasteiger partial charge in [-0.25, -0.2) is 0 Å². The summed E-state index contributed by atoms with van der Waals surface area (Å²) in [5, 5.41) is 2.91. The molecule has 1 rings (SSSR count). The van der Waals surface area contributed by atoms with Crippen molar-refractivity contribution in [2.24, 2.45) is 11.8 Å². The fourth-order valence-electron chi connectivity index (χ4n) is 2.11. The highest BCUT2D eigenvalue weighted by atomic mass is 16.5. The first kappa shape index (κ1) is 12.0. The summed E-state index contributed by atoms with van der Waals surface area (Å²) >= 11 is 0. The zero-order valence-electron chi connectivity index (χ0n) is 9.79. The molecule has 0 aromatic carbocycles. The van der Waals surface area contributed by atoms with Crippen molar-refractivity contribution in [1.29, 1.82) is 0 Å². The summed E-state index contributed by atoms with van der Waals surface area (Å²) in [6, 6.07) is 0. The van der Waals surface area contributed by atoms with E-state index in [1.807, 2.05) is 13.8 Å². The number of carbonyl (C=O) groups is 2. The van der Waals surface area contributed by atoms with Crippen LogP contribution in [0.25, 0.3) is 0 Å². The summed E-state index contributed by atoms with van der Waals surface area (Å²) in [7, 11) is 1.37. The number of nitrogens with one attached hydrogen (secondary N) is 1. The minimum Gasteiger partial charge on any atom is -0.469 e. The number of amides is 1. The Morgan fingerprint density at radius 2 is 2.27 bits per heavy atom. The summed E-state index contributed by atoms with van der Waals surface area (Å²) in [6.07, 6.45) is 1.36. The van der Waals surface area contributed by atoms with E-state index in [-0.39, 0.29) is 29.3 Å². The Hall–Kier alpha value is -1.06. The number of esters is 1. The minimum atomic E-state index is -0.243. The van der Waals surface area contributed by atoms with Crippen molar-refractivity contribution in [2.45, 2.75) is 39.2 Å². The highest BCUT2D eigenvalue weighted by Crippen LogP contribution is 2.29. The zero-order valence-corrected chi connectivity index (χ0v) is 9.79. The molecule has 1 amide bonds. The van der Waals surface area contributed by atoms with Gasteiger partial charge in [0.05, 0.1) is 13.0 Å². The van der Waals surface area contributed by atoms with Crippen LogP contribution in [0.2, 0.25) is 0 Å². The molecular weight excluding hydrogens is 194 g/mol. The van der Waals surface area contributed by atoms with E-state index < -0.39 is 0 Å². The molecule has 0 saturated carbocycles. The van der Waals surface area contributed by atoms with Crippen LogP contribution in [0.4, 0.5) is 0 Å². The van der Waals surface area contributed by atoms with Crippen LogP contribution in [-0.2, 0) is 14.3 Å². The molecule has 1 unspecified atom stereocenters. The summed E-state index contributed by atoms with van der Waals surface area (Å²) in [5.41, 5.74) is -0.141. The lowest BCUT2D eigenvalue weighted by molar-refractivity contribution is -0.145. The first-order valence-electron chi connectivity index (χ1n) is 5.25. The van der Waals surface area contributed by atoms with Crippen LogP contribution in [0.5, 0.6) is 0 Å². The number of ether oxygens (including phenoxy) is 1. The van der Waals surface area contributed by atoms with E-state index in [2.05, 4.69) is 10.1 Å². The Labute approximate surface area is 90.4 Å². The van der Waals surface area contributed by atoms with Gasteiger partial charge in [0.2, 0.25) is 5.91 Å². The first-order valence-corrected chi connectivity index (χ1v) is 5.25. The van der Waals surface area contributed by atoms with Gasteiger partial charge in [0, 0.05) is 11.5 Å². The van der Waals surface area contributed by atoms with Gasteiger partial charge in [0.1, 0.15) is 0 Å². The quantitative estimate of drug-likeness (QED) is 0.714. The third kappa shape index (κ3) is 2.94. The predicted molar refractivity (Wildman–Crippen MR) is 56.1 cm³/mol. The van der Waals surface area contributed by atoms with E-state index in [1.54, 1.807) is 6.92 Å². The van der Waals surface area contributed by atoms with Crippen molar-refractivity contribution < 1.29 is 14.3 Å².